The van der Waals surface area contributed by atoms with Gasteiger partial charge in [0.1, 0.15) is 6.04 Å². The van der Waals surface area contributed by atoms with Crippen molar-refractivity contribution in [1.29, 1.82) is 0 Å². The van der Waals surface area contributed by atoms with Crippen molar-refractivity contribution in [1.82, 2.24) is 5.32 Å². The molecule has 176 valence electrons. The van der Waals surface area contributed by atoms with Gasteiger partial charge in [-0.2, -0.15) is 0 Å². The minimum atomic E-state index is -0.747. The van der Waals surface area contributed by atoms with Gasteiger partial charge >= 0.3 is 0 Å². The van der Waals surface area contributed by atoms with Crippen LogP contribution in [0.25, 0.3) is 0 Å². The number of carbonyl (C=O) groups is 2. The first-order valence-electron chi connectivity index (χ1n) is 11.9. The normalized spacial score (nSPS) is 12.0. The number of amides is 2. The molecule has 35 heavy (non-hydrogen) atoms. The minimum Gasteiger partial charge on any atom is -0.368 e. The lowest BCUT2D eigenvalue weighted by Crippen LogP contribution is -2.47. The number of nitrogens with one attached hydrogen (secondary N) is 1. The van der Waals surface area contributed by atoms with Crippen molar-refractivity contribution in [3.63, 3.8) is 0 Å². The number of rotatable bonds is 10. The van der Waals surface area contributed by atoms with Gasteiger partial charge in [-0.15, -0.1) is 0 Å². The molecule has 0 bridgehead atoms. The van der Waals surface area contributed by atoms with E-state index in [1.807, 2.05) is 121 Å². The van der Waals surface area contributed by atoms with Crippen molar-refractivity contribution >= 4 is 11.8 Å². The Hall–Kier alpha value is -4.18. The molecule has 0 aliphatic carbocycles. The molecule has 0 fully saturated rings. The summed E-state index contributed by atoms with van der Waals surface area (Å²) in [5.41, 5.74) is 9.08. The van der Waals surface area contributed by atoms with Crippen LogP contribution in [0, 0.1) is 0 Å². The van der Waals surface area contributed by atoms with Gasteiger partial charge < -0.3 is 11.1 Å². The third-order valence-electron chi connectivity index (χ3n) is 6.47. The second kappa shape index (κ2) is 11.3. The number of benzene rings is 4. The summed E-state index contributed by atoms with van der Waals surface area (Å²) in [4.78, 5) is 25.8. The molecule has 4 aromatic rings. The molecule has 4 heteroatoms. The highest BCUT2D eigenvalue weighted by Gasteiger charge is 2.39. The smallest absolute Gasteiger partial charge is 0.240 e. The van der Waals surface area contributed by atoms with Crippen LogP contribution >= 0.6 is 0 Å². The van der Waals surface area contributed by atoms with E-state index in [2.05, 4.69) is 5.32 Å². The van der Waals surface area contributed by atoms with Crippen LogP contribution in [-0.2, 0) is 21.4 Å². The summed E-state index contributed by atoms with van der Waals surface area (Å²) in [5.74, 6) is -0.752. The summed E-state index contributed by atoms with van der Waals surface area (Å²) in [6, 6.07) is 39.3. The monoisotopic (exact) mass is 462 g/mol. The molecule has 0 spiro atoms. The Morgan fingerprint density at radius 1 is 0.657 bits per heavy atom. The Bertz CT molecular complexity index is 1130. The molecule has 2 amide bonds. The molecule has 4 aromatic carbocycles. The van der Waals surface area contributed by atoms with Gasteiger partial charge in [0.15, 0.2) is 0 Å². The highest BCUT2D eigenvalue weighted by molar-refractivity contribution is 5.88. The molecule has 0 saturated heterocycles. The number of nitrogens with two attached hydrogens (primary N) is 1. The number of aryl methyl sites for hydroxylation is 1. The van der Waals surface area contributed by atoms with E-state index in [1.165, 1.54) is 0 Å². The van der Waals surface area contributed by atoms with Crippen molar-refractivity contribution in [3.8, 4) is 0 Å². The fourth-order valence-electron chi connectivity index (χ4n) is 4.70. The molecule has 0 heterocycles. The van der Waals surface area contributed by atoms with Gasteiger partial charge in [0.2, 0.25) is 11.8 Å². The van der Waals surface area contributed by atoms with E-state index in [0.717, 1.165) is 22.3 Å². The Labute approximate surface area is 206 Å². The average molecular weight is 463 g/mol. The fraction of sp³-hybridized carbons (Fsp3) is 0.161. The maximum absolute atomic E-state index is 13.6. The second-order valence-corrected chi connectivity index (χ2v) is 8.73. The number of primary amides is 1. The third-order valence-corrected chi connectivity index (χ3v) is 6.47. The zero-order valence-electron chi connectivity index (χ0n) is 19.6. The third kappa shape index (κ3) is 5.67. The molecule has 0 aliphatic rings. The Kier molecular flexibility index (Phi) is 7.74. The molecule has 0 unspecified atom stereocenters. The molecule has 4 rings (SSSR count). The molecule has 0 saturated carbocycles. The van der Waals surface area contributed by atoms with E-state index < -0.39 is 17.4 Å². The quantitative estimate of drug-likeness (QED) is 0.325. The summed E-state index contributed by atoms with van der Waals surface area (Å²) in [5, 5.41) is 2.94. The van der Waals surface area contributed by atoms with Crippen LogP contribution in [0.3, 0.4) is 0 Å². The summed E-state index contributed by atoms with van der Waals surface area (Å²) in [7, 11) is 0. The van der Waals surface area contributed by atoms with Gasteiger partial charge in [-0.05, 0) is 35.1 Å². The van der Waals surface area contributed by atoms with Crippen LogP contribution in [0.4, 0.5) is 0 Å². The van der Waals surface area contributed by atoms with Crippen molar-refractivity contribution in [2.45, 2.75) is 30.7 Å². The van der Waals surface area contributed by atoms with E-state index in [-0.39, 0.29) is 12.3 Å². The molecular formula is C31H30N2O2. The predicted molar refractivity (Wildman–Crippen MR) is 140 cm³/mol. The molecule has 0 aliphatic heterocycles. The van der Waals surface area contributed by atoms with Gasteiger partial charge in [-0.1, -0.05) is 121 Å². The number of hydrogen-bond donors (Lipinski definition) is 2. The topological polar surface area (TPSA) is 72.2 Å². The van der Waals surface area contributed by atoms with Crippen molar-refractivity contribution in [2.75, 3.05) is 0 Å². The van der Waals surface area contributed by atoms with Crippen molar-refractivity contribution in [3.05, 3.63) is 144 Å². The van der Waals surface area contributed by atoms with Crippen LogP contribution in [0.5, 0.6) is 0 Å². The summed E-state index contributed by atoms with van der Waals surface area (Å²) < 4.78 is 0. The Morgan fingerprint density at radius 3 is 1.46 bits per heavy atom. The maximum atomic E-state index is 13.6. The Balaban J connectivity index is 1.67. The first kappa shape index (κ1) is 24.0. The van der Waals surface area contributed by atoms with Crippen LogP contribution in [0.2, 0.25) is 0 Å². The summed E-state index contributed by atoms with van der Waals surface area (Å²) in [6.45, 7) is 0. The highest BCUT2D eigenvalue weighted by Crippen LogP contribution is 2.42. The largest absolute Gasteiger partial charge is 0.368 e. The average Bonchev–Trinajstić information content (AvgIpc) is 2.91. The van der Waals surface area contributed by atoms with Crippen LogP contribution in [0.1, 0.15) is 35.1 Å². The zero-order chi connectivity index (χ0) is 24.5. The van der Waals surface area contributed by atoms with Gasteiger partial charge in [-0.3, -0.25) is 9.59 Å². The number of carbonyl (C=O) groups excluding carboxylic acids is 2. The highest BCUT2D eigenvalue weighted by atomic mass is 16.2. The van der Waals surface area contributed by atoms with E-state index in [9.17, 15) is 9.59 Å². The molecule has 0 radical (unpaired) electrons. The molecule has 3 N–H and O–H groups in total. The van der Waals surface area contributed by atoms with Gasteiger partial charge in [0.25, 0.3) is 0 Å². The van der Waals surface area contributed by atoms with Crippen LogP contribution < -0.4 is 11.1 Å². The Morgan fingerprint density at radius 2 is 1.06 bits per heavy atom. The van der Waals surface area contributed by atoms with E-state index in [0.29, 0.717) is 12.8 Å². The molecular weight excluding hydrogens is 432 g/mol. The van der Waals surface area contributed by atoms with Crippen LogP contribution in [-0.4, -0.2) is 17.9 Å². The zero-order valence-corrected chi connectivity index (χ0v) is 19.6. The fourth-order valence-corrected chi connectivity index (χ4v) is 4.70. The second-order valence-electron chi connectivity index (χ2n) is 8.73. The first-order chi connectivity index (χ1) is 17.1. The minimum absolute atomic E-state index is 0.139. The first-order valence-corrected chi connectivity index (χ1v) is 11.9. The predicted octanol–water partition coefficient (Wildman–Crippen LogP) is 5.01. The lowest BCUT2D eigenvalue weighted by atomic mass is 9.67. The standard InChI is InChI=1S/C31H30N2O2/c32-30(35)28(22-21-24-13-5-1-6-14-24)33-29(34)23-31(25-15-7-2-8-16-25,26-17-9-3-10-18-26)27-19-11-4-12-20-27/h1-20,28H,21-23H2,(H2,32,35)(H,33,34)/t28-/m0/s1. The van der Waals surface area contributed by atoms with Gasteiger partial charge in [-0.25, -0.2) is 0 Å². The van der Waals surface area contributed by atoms with Gasteiger partial charge in [0, 0.05) is 6.42 Å². The number of hydrogen-bond acceptors (Lipinski definition) is 2. The van der Waals surface area contributed by atoms with E-state index >= 15 is 0 Å². The molecule has 1 atom stereocenters. The maximum Gasteiger partial charge on any atom is 0.240 e. The van der Waals surface area contributed by atoms with Gasteiger partial charge in [0.05, 0.1) is 5.41 Å². The molecule has 4 nitrogen and oxygen atoms in total. The SMILES string of the molecule is NC(=O)[C@H](CCc1ccccc1)NC(=O)CC(c1ccccc1)(c1ccccc1)c1ccccc1. The lowest BCUT2D eigenvalue weighted by molar-refractivity contribution is -0.128. The molecule has 0 aromatic heterocycles. The van der Waals surface area contributed by atoms with Crippen LogP contribution in [0.15, 0.2) is 121 Å². The lowest BCUT2D eigenvalue weighted by Gasteiger charge is -2.36. The van der Waals surface area contributed by atoms with Crippen molar-refractivity contribution in [2.24, 2.45) is 5.73 Å². The van der Waals surface area contributed by atoms with E-state index in [1.54, 1.807) is 0 Å². The summed E-state index contributed by atoms with van der Waals surface area (Å²) in [6.07, 6.45) is 1.23. The summed E-state index contributed by atoms with van der Waals surface area (Å²) >= 11 is 0. The van der Waals surface area contributed by atoms with E-state index in [4.69, 9.17) is 5.73 Å². The van der Waals surface area contributed by atoms with Crippen molar-refractivity contribution < 1.29 is 9.59 Å².